The standard InChI is InChI=1S/C32H34O3.C22H22O3.C11H8N2O3S.CH4/c1-31(2,24-8-6-23(22-33)7-9-24)25-10-12-26(13-11-25)32(3,27-14-18-29(34-4)19-15-27)28-16-20-30(35-5)21-17-28;1-24-20-11-7-18(8-12-20)22(17-5-3-16(15-23)4-6-17)19-9-13-21(25-2)14-10-19;1-17(15,16)10-4-2-3-8-7(10)5-6-9(13-12)11(8)14;/h6-21,33H,22H2,1-5H3;3-14,22-23H,15H2,1-2H3;2-6H,1H3;1H4. The first-order valence-electron chi connectivity index (χ1n) is 24.9. The molecule has 0 saturated heterocycles. The molecular weight excluding hydrogens is 997 g/mol. The van der Waals surface area contributed by atoms with Gasteiger partial charge in [0.25, 0.3) is 5.78 Å². The topological polar surface area (TPSA) is 165 Å². The van der Waals surface area contributed by atoms with Crippen LogP contribution in [0.15, 0.2) is 199 Å². The highest BCUT2D eigenvalue weighted by Gasteiger charge is 2.33. The molecule has 0 atom stereocenters. The zero-order valence-corrected chi connectivity index (χ0v) is 45.4. The summed E-state index contributed by atoms with van der Waals surface area (Å²) in [5.41, 5.74) is 20.0. The van der Waals surface area contributed by atoms with Crippen LogP contribution < -0.4 is 18.9 Å². The minimum Gasteiger partial charge on any atom is -0.497 e. The van der Waals surface area contributed by atoms with E-state index in [0.717, 1.165) is 40.4 Å². The van der Waals surface area contributed by atoms with Gasteiger partial charge in [-0.3, -0.25) is 4.79 Å². The van der Waals surface area contributed by atoms with Gasteiger partial charge >= 0.3 is 5.71 Å². The number of ether oxygens (including phenoxy) is 4. The lowest BCUT2D eigenvalue weighted by Crippen LogP contribution is -2.26. The van der Waals surface area contributed by atoms with E-state index in [9.17, 15) is 23.4 Å². The summed E-state index contributed by atoms with van der Waals surface area (Å²) in [4.78, 5) is 14.7. The van der Waals surface area contributed by atoms with Crippen LogP contribution in [0.5, 0.6) is 23.0 Å². The van der Waals surface area contributed by atoms with Gasteiger partial charge in [0.1, 0.15) is 23.0 Å². The lowest BCUT2D eigenvalue weighted by molar-refractivity contribution is -0.00436. The SMILES string of the molecule is C.COc1ccc(C(C)(c2ccc(OC)cc2)c2ccc(C(C)(C)c3ccc(CO)cc3)cc2)cc1.COc1ccc(C(c2ccc(CO)cc2)c2ccc(OC)cc2)cc1.CS(=O)(=O)c1cccc2c1C=CC(=[N+]=[N-])C2=O. The molecule has 0 aromatic heterocycles. The summed E-state index contributed by atoms with van der Waals surface area (Å²) >= 11 is 0. The maximum absolute atomic E-state index is 11.8. The predicted octanol–water partition coefficient (Wildman–Crippen LogP) is 12.9. The van der Waals surface area contributed by atoms with E-state index < -0.39 is 15.6 Å². The Labute approximate surface area is 459 Å². The van der Waals surface area contributed by atoms with Crippen molar-refractivity contribution in [2.75, 3.05) is 34.7 Å². The molecule has 78 heavy (non-hydrogen) atoms. The molecule has 0 radical (unpaired) electrons. The normalized spacial score (nSPS) is 11.9. The Morgan fingerprint density at radius 2 is 0.833 bits per heavy atom. The number of Topliss-reactive ketones (excluding diaryl/α,β-unsaturated/α-hetero) is 1. The van der Waals surface area contributed by atoms with Crippen molar-refractivity contribution in [1.82, 2.24) is 0 Å². The van der Waals surface area contributed by atoms with Crippen LogP contribution in [0.3, 0.4) is 0 Å². The molecule has 0 saturated carbocycles. The highest BCUT2D eigenvalue weighted by Crippen LogP contribution is 2.42. The molecule has 1 aliphatic carbocycles. The number of sulfone groups is 1. The van der Waals surface area contributed by atoms with Crippen molar-refractivity contribution in [2.45, 2.75) is 63.1 Å². The lowest BCUT2D eigenvalue weighted by atomic mass is 9.70. The molecule has 12 heteroatoms. The molecule has 2 N–H and O–H groups in total. The van der Waals surface area contributed by atoms with Crippen molar-refractivity contribution in [1.29, 1.82) is 0 Å². The maximum atomic E-state index is 11.8. The van der Waals surface area contributed by atoms with Crippen molar-refractivity contribution in [2.24, 2.45) is 0 Å². The van der Waals surface area contributed by atoms with E-state index in [1.54, 1.807) is 28.4 Å². The van der Waals surface area contributed by atoms with Gasteiger partial charge in [-0.2, -0.15) is 4.79 Å². The van der Waals surface area contributed by atoms with Gasteiger partial charge in [-0.1, -0.05) is 155 Å². The molecule has 0 bridgehead atoms. The van der Waals surface area contributed by atoms with Gasteiger partial charge < -0.3 is 34.7 Å². The van der Waals surface area contributed by atoms with Crippen LogP contribution in [0, 0.1) is 0 Å². The number of carbonyl (C=O) groups is 1. The molecule has 8 aromatic rings. The zero-order valence-electron chi connectivity index (χ0n) is 44.6. The largest absolute Gasteiger partial charge is 0.497 e. The molecule has 9 rings (SSSR count). The van der Waals surface area contributed by atoms with Crippen LogP contribution in [0.2, 0.25) is 0 Å². The Bertz CT molecular complexity index is 3300. The predicted molar refractivity (Wildman–Crippen MR) is 310 cm³/mol. The summed E-state index contributed by atoms with van der Waals surface area (Å²) < 4.78 is 44.4. The minimum atomic E-state index is -3.40. The van der Waals surface area contributed by atoms with Gasteiger partial charge in [0.05, 0.1) is 46.5 Å². The quantitative estimate of drug-likeness (QED) is 0.0577. The number of hydrogen-bond donors (Lipinski definition) is 2. The number of ketones is 1. The van der Waals surface area contributed by atoms with E-state index in [-0.39, 0.29) is 53.6 Å². The first-order valence-corrected chi connectivity index (χ1v) is 26.8. The third-order valence-electron chi connectivity index (χ3n) is 14.2. The van der Waals surface area contributed by atoms with Gasteiger partial charge in [-0.15, -0.1) is 0 Å². The fraction of sp³-hybridized carbons (Fsp3) is 0.212. The average molecular weight is 1070 g/mol. The minimum absolute atomic E-state index is 0. The van der Waals surface area contributed by atoms with Crippen molar-refractivity contribution in [3.8, 4) is 23.0 Å². The Hall–Kier alpha value is -8.38. The molecule has 0 heterocycles. The van der Waals surface area contributed by atoms with Crippen LogP contribution >= 0.6 is 0 Å². The molecule has 0 aliphatic heterocycles. The summed E-state index contributed by atoms with van der Waals surface area (Å²) in [6.07, 6.45) is 3.83. The van der Waals surface area contributed by atoms with Gasteiger partial charge in [0.15, 0.2) is 9.84 Å². The second-order valence-electron chi connectivity index (χ2n) is 19.2. The fourth-order valence-electron chi connectivity index (χ4n) is 9.44. The molecule has 1 aliphatic rings. The van der Waals surface area contributed by atoms with E-state index in [1.165, 1.54) is 74.9 Å². The molecule has 11 nitrogen and oxygen atoms in total. The van der Waals surface area contributed by atoms with E-state index >= 15 is 0 Å². The molecule has 402 valence electrons. The Morgan fingerprint density at radius 1 is 0.500 bits per heavy atom. The first-order chi connectivity index (χ1) is 37.0. The van der Waals surface area contributed by atoms with Crippen LogP contribution in [0.1, 0.15) is 106 Å². The van der Waals surface area contributed by atoms with Crippen molar-refractivity contribution >= 4 is 27.4 Å². The van der Waals surface area contributed by atoms with Crippen LogP contribution in [-0.4, -0.2) is 69.6 Å². The number of aliphatic hydroxyl groups is 2. The number of carbonyl (C=O) groups excluding carboxylic acids is 1. The average Bonchev–Trinajstić information content (AvgIpc) is 3.54. The van der Waals surface area contributed by atoms with Crippen LogP contribution in [0.25, 0.3) is 11.6 Å². The first kappa shape index (κ1) is 58.9. The number of fused-ring (bicyclic) bond motifs is 1. The number of rotatable bonds is 15. The highest BCUT2D eigenvalue weighted by atomic mass is 32.2. The fourth-order valence-corrected chi connectivity index (χ4v) is 10.3. The molecule has 0 unspecified atom stereocenters. The molecule has 8 aromatic carbocycles. The summed E-state index contributed by atoms with van der Waals surface area (Å²) in [5.74, 6) is 2.98. The number of nitrogens with zero attached hydrogens (tertiary/aromatic N) is 2. The number of hydrogen-bond acceptors (Lipinski definition) is 9. The molecule has 0 amide bonds. The summed E-state index contributed by atoms with van der Waals surface area (Å²) in [7, 11) is 3.32. The van der Waals surface area contributed by atoms with E-state index in [0.29, 0.717) is 5.56 Å². The lowest BCUT2D eigenvalue weighted by Gasteiger charge is -2.33. The number of benzene rings is 8. The second-order valence-corrected chi connectivity index (χ2v) is 21.1. The zero-order chi connectivity index (χ0) is 55.3. The summed E-state index contributed by atoms with van der Waals surface area (Å²) in [5, 5.41) is 18.7. The molecular formula is C66H68N2O9S. The van der Waals surface area contributed by atoms with Crippen molar-refractivity contribution in [3.05, 3.63) is 266 Å². The van der Waals surface area contributed by atoms with Gasteiger partial charge in [-0.25, -0.2) is 8.42 Å². The number of methoxy groups -OCH3 is 4. The number of aliphatic hydroxyl groups excluding tert-OH is 2. The number of allylic oxidation sites excluding steroid dienone is 1. The van der Waals surface area contributed by atoms with Gasteiger partial charge in [0, 0.05) is 40.2 Å². The summed E-state index contributed by atoms with van der Waals surface area (Å²) in [6.45, 7) is 6.86. The highest BCUT2D eigenvalue weighted by molar-refractivity contribution is 7.90. The molecule has 0 spiro atoms. The third kappa shape index (κ3) is 13.2. The maximum Gasteiger partial charge on any atom is 0.362 e. The third-order valence-corrected chi connectivity index (χ3v) is 15.4. The van der Waals surface area contributed by atoms with E-state index in [2.05, 4.69) is 123 Å². The monoisotopic (exact) mass is 1060 g/mol. The van der Waals surface area contributed by atoms with E-state index in [1.807, 2.05) is 72.8 Å². The van der Waals surface area contributed by atoms with Crippen LogP contribution in [-0.2, 0) is 33.9 Å². The van der Waals surface area contributed by atoms with Gasteiger partial charge in [0.2, 0.25) is 0 Å². The van der Waals surface area contributed by atoms with Crippen molar-refractivity contribution in [3.63, 3.8) is 0 Å². The second kappa shape index (κ2) is 26.1. The van der Waals surface area contributed by atoms with Crippen molar-refractivity contribution < 1.29 is 47.2 Å². The Morgan fingerprint density at radius 3 is 1.19 bits per heavy atom. The summed E-state index contributed by atoms with van der Waals surface area (Å²) in [6, 6.07) is 62.6. The smallest absolute Gasteiger partial charge is 0.362 e. The van der Waals surface area contributed by atoms with Gasteiger partial charge in [-0.05, 0) is 123 Å². The van der Waals surface area contributed by atoms with Crippen LogP contribution in [0.4, 0.5) is 0 Å². The Kier molecular flexibility index (Phi) is 19.7. The Balaban J connectivity index is 0.000000200. The molecule has 0 fully saturated rings. The van der Waals surface area contributed by atoms with E-state index in [4.69, 9.17) is 24.5 Å².